The summed E-state index contributed by atoms with van der Waals surface area (Å²) in [5.74, 6) is -0.110. The maximum Gasteiger partial charge on any atom is 0.338 e. The zero-order valence-electron chi connectivity index (χ0n) is 16.1. The molecule has 4 rings (SSSR count). The van der Waals surface area contributed by atoms with E-state index in [1.54, 1.807) is 24.1 Å². The van der Waals surface area contributed by atoms with Gasteiger partial charge in [-0.25, -0.2) is 9.78 Å². The van der Waals surface area contributed by atoms with Crippen LogP contribution in [0.3, 0.4) is 0 Å². The molecule has 0 aliphatic heterocycles. The molecule has 1 N–H and O–H groups in total. The average molecular weight is 387 g/mol. The second-order valence-corrected chi connectivity index (χ2v) is 6.87. The predicted octanol–water partition coefficient (Wildman–Crippen LogP) is 3.92. The van der Waals surface area contributed by atoms with Crippen molar-refractivity contribution < 1.29 is 9.21 Å². The van der Waals surface area contributed by atoms with E-state index in [0.717, 1.165) is 28.4 Å². The van der Waals surface area contributed by atoms with Gasteiger partial charge in [-0.05, 0) is 30.7 Å². The molecule has 2 aromatic carbocycles. The third kappa shape index (κ3) is 4.11. The van der Waals surface area contributed by atoms with Gasteiger partial charge in [0.2, 0.25) is 0 Å². The zero-order chi connectivity index (χ0) is 20.2. The Balaban J connectivity index is 1.37. The van der Waals surface area contributed by atoms with E-state index in [9.17, 15) is 9.59 Å². The second-order valence-electron chi connectivity index (χ2n) is 6.87. The second kappa shape index (κ2) is 8.14. The zero-order valence-corrected chi connectivity index (χ0v) is 16.1. The van der Waals surface area contributed by atoms with Crippen LogP contribution in [0.15, 0.2) is 75.9 Å². The molecule has 6 heteroatoms. The molecule has 146 valence electrons. The van der Waals surface area contributed by atoms with Gasteiger partial charge < -0.3 is 14.6 Å². The van der Waals surface area contributed by atoms with E-state index < -0.39 is 0 Å². The molecule has 0 aliphatic rings. The summed E-state index contributed by atoms with van der Waals surface area (Å²) in [4.78, 5) is 30.5. The highest BCUT2D eigenvalue weighted by atomic mass is 16.4. The van der Waals surface area contributed by atoms with Crippen LogP contribution in [-0.4, -0.2) is 35.9 Å². The molecule has 0 spiro atoms. The number of fused-ring (bicyclic) bond motifs is 2. The first kappa shape index (κ1) is 18.7. The van der Waals surface area contributed by atoms with E-state index in [0.29, 0.717) is 24.4 Å². The molecular formula is C23H21N3O3. The first-order valence-electron chi connectivity index (χ1n) is 9.50. The molecule has 6 nitrogen and oxygen atoms in total. The highest BCUT2D eigenvalue weighted by molar-refractivity contribution is 5.94. The minimum Gasteiger partial charge on any atom is -0.423 e. The van der Waals surface area contributed by atoms with Gasteiger partial charge in [0, 0.05) is 37.0 Å². The molecule has 0 unspecified atom stereocenters. The third-order valence-electron chi connectivity index (χ3n) is 4.80. The Morgan fingerprint density at radius 3 is 2.76 bits per heavy atom. The van der Waals surface area contributed by atoms with Crippen LogP contribution in [0.4, 0.5) is 5.69 Å². The summed E-state index contributed by atoms with van der Waals surface area (Å²) < 4.78 is 5.20. The Hall–Kier alpha value is -3.67. The molecule has 0 radical (unpaired) electrons. The molecule has 1 amide bonds. The van der Waals surface area contributed by atoms with Crippen LogP contribution in [0.1, 0.15) is 16.9 Å². The van der Waals surface area contributed by atoms with Gasteiger partial charge in [0.1, 0.15) is 11.3 Å². The standard InChI is InChI=1S/C23H21N3O3/c1-26(23(28)19-12-11-16-7-2-4-9-18(16)25-19)14-6-13-24-20-15-22(27)29-21-10-5-3-8-17(20)21/h2-5,7-12,15,24H,6,13-14H2,1H3. The summed E-state index contributed by atoms with van der Waals surface area (Å²) in [6.07, 6.45) is 0.727. The number of nitrogens with zero attached hydrogens (tertiary/aromatic N) is 2. The lowest BCUT2D eigenvalue weighted by Crippen LogP contribution is -2.29. The largest absolute Gasteiger partial charge is 0.423 e. The molecular weight excluding hydrogens is 366 g/mol. The van der Waals surface area contributed by atoms with Crippen molar-refractivity contribution in [2.45, 2.75) is 6.42 Å². The Morgan fingerprint density at radius 1 is 1.07 bits per heavy atom. The first-order valence-corrected chi connectivity index (χ1v) is 9.50. The molecule has 0 saturated heterocycles. The van der Waals surface area contributed by atoms with Crippen LogP contribution in [0.5, 0.6) is 0 Å². The minimum absolute atomic E-state index is 0.110. The van der Waals surface area contributed by atoms with Crippen LogP contribution >= 0.6 is 0 Å². The highest BCUT2D eigenvalue weighted by Gasteiger charge is 2.13. The minimum atomic E-state index is -0.388. The number of anilines is 1. The van der Waals surface area contributed by atoms with Gasteiger partial charge in [-0.15, -0.1) is 0 Å². The lowest BCUT2D eigenvalue weighted by Gasteiger charge is -2.17. The van der Waals surface area contributed by atoms with Gasteiger partial charge in [0.15, 0.2) is 0 Å². The third-order valence-corrected chi connectivity index (χ3v) is 4.80. The normalized spacial score (nSPS) is 10.9. The fraction of sp³-hybridized carbons (Fsp3) is 0.174. The Kier molecular flexibility index (Phi) is 5.24. The molecule has 2 aromatic heterocycles. The molecule has 29 heavy (non-hydrogen) atoms. The van der Waals surface area contributed by atoms with E-state index in [4.69, 9.17) is 4.42 Å². The number of pyridine rings is 1. The van der Waals surface area contributed by atoms with Gasteiger partial charge in [-0.1, -0.05) is 36.4 Å². The summed E-state index contributed by atoms with van der Waals surface area (Å²) in [5, 5.41) is 5.14. The molecule has 4 aromatic rings. The average Bonchev–Trinajstić information content (AvgIpc) is 2.75. The van der Waals surface area contributed by atoms with E-state index in [1.807, 2.05) is 48.5 Å². The van der Waals surface area contributed by atoms with Gasteiger partial charge >= 0.3 is 5.63 Å². The Labute approximate surface area is 167 Å². The number of amides is 1. The van der Waals surface area contributed by atoms with Gasteiger partial charge in [-0.2, -0.15) is 0 Å². The van der Waals surface area contributed by atoms with Crippen LogP contribution in [0.2, 0.25) is 0 Å². The number of hydrogen-bond donors (Lipinski definition) is 1. The number of nitrogens with one attached hydrogen (secondary N) is 1. The van der Waals surface area contributed by atoms with Crippen LogP contribution in [-0.2, 0) is 0 Å². The van der Waals surface area contributed by atoms with Crippen molar-refractivity contribution in [3.05, 3.63) is 82.8 Å². The number of rotatable bonds is 6. The monoisotopic (exact) mass is 387 g/mol. The summed E-state index contributed by atoms with van der Waals surface area (Å²) in [5.41, 5.74) is 2.15. The maximum absolute atomic E-state index is 12.7. The fourth-order valence-corrected chi connectivity index (χ4v) is 3.28. The Bertz CT molecular complexity index is 1230. The number of carbonyl (C=O) groups excluding carboxylic acids is 1. The number of hydrogen-bond acceptors (Lipinski definition) is 5. The number of aromatic nitrogens is 1. The summed E-state index contributed by atoms with van der Waals surface area (Å²) >= 11 is 0. The van der Waals surface area contributed by atoms with E-state index in [-0.39, 0.29) is 11.5 Å². The lowest BCUT2D eigenvalue weighted by atomic mass is 10.2. The van der Waals surface area contributed by atoms with E-state index in [2.05, 4.69) is 10.3 Å². The van der Waals surface area contributed by atoms with E-state index >= 15 is 0 Å². The van der Waals surface area contributed by atoms with Crippen molar-refractivity contribution in [1.29, 1.82) is 0 Å². The van der Waals surface area contributed by atoms with Crippen LogP contribution < -0.4 is 10.9 Å². The van der Waals surface area contributed by atoms with Gasteiger partial charge in [0.05, 0.1) is 11.2 Å². The number of carbonyl (C=O) groups is 1. The number of benzene rings is 2. The Morgan fingerprint density at radius 2 is 1.86 bits per heavy atom. The quantitative estimate of drug-likeness (QED) is 0.401. The van der Waals surface area contributed by atoms with Crippen molar-refractivity contribution in [3.63, 3.8) is 0 Å². The topological polar surface area (TPSA) is 75.4 Å². The smallest absolute Gasteiger partial charge is 0.338 e. The van der Waals surface area contributed by atoms with Crippen LogP contribution in [0, 0.1) is 0 Å². The highest BCUT2D eigenvalue weighted by Crippen LogP contribution is 2.20. The van der Waals surface area contributed by atoms with E-state index in [1.165, 1.54) is 6.07 Å². The summed E-state index contributed by atoms with van der Waals surface area (Å²) in [7, 11) is 1.77. The van der Waals surface area contributed by atoms with Gasteiger partial charge in [0.25, 0.3) is 5.91 Å². The van der Waals surface area contributed by atoms with Crippen molar-refractivity contribution >= 4 is 33.5 Å². The molecule has 0 aliphatic carbocycles. The molecule has 2 heterocycles. The summed E-state index contributed by atoms with van der Waals surface area (Å²) in [6, 6.07) is 20.3. The van der Waals surface area contributed by atoms with Crippen molar-refractivity contribution in [2.75, 3.05) is 25.5 Å². The number of para-hydroxylation sites is 2. The molecule has 0 saturated carbocycles. The molecule has 0 bridgehead atoms. The van der Waals surface area contributed by atoms with Crippen molar-refractivity contribution in [3.8, 4) is 0 Å². The van der Waals surface area contributed by atoms with Gasteiger partial charge in [-0.3, -0.25) is 4.79 Å². The van der Waals surface area contributed by atoms with Crippen molar-refractivity contribution in [2.24, 2.45) is 0 Å². The van der Waals surface area contributed by atoms with Crippen LogP contribution in [0.25, 0.3) is 21.9 Å². The predicted molar refractivity (Wildman–Crippen MR) is 114 cm³/mol. The molecule has 0 fully saturated rings. The van der Waals surface area contributed by atoms with Crippen molar-refractivity contribution in [1.82, 2.24) is 9.88 Å². The summed E-state index contributed by atoms with van der Waals surface area (Å²) in [6.45, 7) is 1.19. The first-order chi connectivity index (χ1) is 14.1. The fourth-order valence-electron chi connectivity index (χ4n) is 3.28. The SMILES string of the molecule is CN(CCCNc1cc(=O)oc2ccccc12)C(=O)c1ccc2ccccc2n1. The molecule has 0 atom stereocenters. The lowest BCUT2D eigenvalue weighted by molar-refractivity contribution is 0.0789. The maximum atomic E-state index is 12.7.